The van der Waals surface area contributed by atoms with Gasteiger partial charge in [0.05, 0.1) is 12.3 Å². The number of amides is 2. The Morgan fingerprint density at radius 3 is 2.17 bits per heavy atom. The summed E-state index contributed by atoms with van der Waals surface area (Å²) in [5.41, 5.74) is 4.63. The van der Waals surface area contributed by atoms with E-state index in [1.807, 2.05) is 40.7 Å². The Hall–Kier alpha value is -1.92. The molecular weight excluding hydrogens is 294 g/mol. The predicted molar refractivity (Wildman–Crippen MR) is 89.6 cm³/mol. The highest BCUT2D eigenvalue weighted by molar-refractivity contribution is 5.95. The van der Waals surface area contributed by atoms with Gasteiger partial charge in [-0.15, -0.1) is 0 Å². The third-order valence-corrected chi connectivity index (χ3v) is 3.01. The van der Waals surface area contributed by atoms with Crippen molar-refractivity contribution >= 4 is 11.8 Å². The Kier molecular flexibility index (Phi) is 6.72. The summed E-state index contributed by atoms with van der Waals surface area (Å²) in [6.07, 6.45) is 0.204. The van der Waals surface area contributed by atoms with E-state index in [0.717, 1.165) is 0 Å². The molecule has 3 N–H and O–H groups in total. The molecule has 2 amide bonds. The second-order valence-electron chi connectivity index (χ2n) is 7.01. The molecule has 128 valence electrons. The standard InChI is InChI=1S/C17H27N3O3/c1-16(2,3)23-12-18-17(4,5)11-14(21)19-20-15(22)13-9-7-6-8-10-13/h6-10,18H,11-12H2,1-5H3,(H,19,21)(H,20,22). The van der Waals surface area contributed by atoms with Crippen molar-refractivity contribution in [2.45, 2.75) is 52.2 Å². The number of carbonyl (C=O) groups excluding carboxylic acids is 2. The largest absolute Gasteiger partial charge is 0.361 e. The summed E-state index contributed by atoms with van der Waals surface area (Å²) in [5, 5.41) is 3.17. The molecule has 23 heavy (non-hydrogen) atoms. The normalized spacial score (nSPS) is 11.9. The summed E-state index contributed by atoms with van der Waals surface area (Å²) in [6, 6.07) is 8.70. The molecule has 6 heteroatoms. The molecule has 0 bridgehead atoms. The lowest BCUT2D eigenvalue weighted by molar-refractivity contribution is -0.123. The predicted octanol–water partition coefficient (Wildman–Crippen LogP) is 1.98. The van der Waals surface area contributed by atoms with Gasteiger partial charge in [-0.25, -0.2) is 0 Å². The van der Waals surface area contributed by atoms with Gasteiger partial charge in [0.2, 0.25) is 5.91 Å². The van der Waals surface area contributed by atoms with Crippen molar-refractivity contribution in [3.63, 3.8) is 0 Å². The second-order valence-corrected chi connectivity index (χ2v) is 7.01. The van der Waals surface area contributed by atoms with Crippen molar-refractivity contribution in [1.82, 2.24) is 16.2 Å². The maximum atomic E-state index is 11.9. The summed E-state index contributed by atoms with van der Waals surface area (Å²) < 4.78 is 5.59. The lowest BCUT2D eigenvalue weighted by Gasteiger charge is -2.28. The maximum Gasteiger partial charge on any atom is 0.269 e. The van der Waals surface area contributed by atoms with Crippen LogP contribution in [0.1, 0.15) is 51.4 Å². The summed E-state index contributed by atoms with van der Waals surface area (Å²) in [5.74, 6) is -0.622. The number of carbonyl (C=O) groups is 2. The van der Waals surface area contributed by atoms with Crippen LogP contribution < -0.4 is 16.2 Å². The molecule has 0 atom stereocenters. The zero-order valence-corrected chi connectivity index (χ0v) is 14.5. The van der Waals surface area contributed by atoms with Gasteiger partial charge in [0.15, 0.2) is 0 Å². The Morgan fingerprint density at radius 2 is 1.61 bits per heavy atom. The molecule has 0 spiro atoms. The van der Waals surface area contributed by atoms with Gasteiger partial charge in [-0.2, -0.15) is 0 Å². The number of hydrogen-bond acceptors (Lipinski definition) is 4. The van der Waals surface area contributed by atoms with Gasteiger partial charge in [0, 0.05) is 17.5 Å². The van der Waals surface area contributed by atoms with Gasteiger partial charge >= 0.3 is 0 Å². The minimum absolute atomic E-state index is 0.204. The van der Waals surface area contributed by atoms with Gasteiger partial charge in [0.25, 0.3) is 5.91 Å². The van der Waals surface area contributed by atoms with E-state index in [1.165, 1.54) is 0 Å². The molecule has 0 aliphatic carbocycles. The van der Waals surface area contributed by atoms with E-state index in [9.17, 15) is 9.59 Å². The van der Waals surface area contributed by atoms with Gasteiger partial charge < -0.3 is 4.74 Å². The first-order chi connectivity index (χ1) is 10.6. The minimum Gasteiger partial charge on any atom is -0.361 e. The molecule has 0 heterocycles. The number of ether oxygens (including phenoxy) is 1. The van der Waals surface area contributed by atoms with Crippen LogP contribution in [0.3, 0.4) is 0 Å². The molecule has 0 saturated heterocycles. The van der Waals surface area contributed by atoms with Gasteiger partial charge in [-0.05, 0) is 46.8 Å². The maximum absolute atomic E-state index is 11.9. The summed E-state index contributed by atoms with van der Waals surface area (Å²) >= 11 is 0. The molecule has 1 aromatic carbocycles. The number of benzene rings is 1. The highest BCUT2D eigenvalue weighted by atomic mass is 16.5. The smallest absolute Gasteiger partial charge is 0.269 e. The van der Waals surface area contributed by atoms with Crippen molar-refractivity contribution in [3.8, 4) is 0 Å². The van der Waals surface area contributed by atoms with Gasteiger partial charge in [-0.3, -0.25) is 25.8 Å². The van der Waals surface area contributed by atoms with E-state index < -0.39 is 5.54 Å². The number of nitrogens with one attached hydrogen (secondary N) is 3. The van der Waals surface area contributed by atoms with Crippen LogP contribution in [0.15, 0.2) is 30.3 Å². The molecule has 0 fully saturated rings. The molecule has 0 aliphatic rings. The van der Waals surface area contributed by atoms with Crippen LogP contribution >= 0.6 is 0 Å². The van der Waals surface area contributed by atoms with E-state index in [-0.39, 0.29) is 23.8 Å². The molecule has 1 rings (SSSR count). The summed E-state index contributed by atoms with van der Waals surface area (Å²) in [7, 11) is 0. The highest BCUT2D eigenvalue weighted by Gasteiger charge is 2.22. The molecule has 0 aromatic heterocycles. The average molecular weight is 321 g/mol. The zero-order chi connectivity index (χ0) is 17.5. The van der Waals surface area contributed by atoms with Crippen LogP contribution in [0.2, 0.25) is 0 Å². The summed E-state index contributed by atoms with van der Waals surface area (Å²) in [4.78, 5) is 23.8. The van der Waals surface area contributed by atoms with Crippen LogP contribution in [0.5, 0.6) is 0 Å². The monoisotopic (exact) mass is 321 g/mol. The Balaban J connectivity index is 2.36. The van der Waals surface area contributed by atoms with Crippen molar-refractivity contribution in [2.75, 3.05) is 6.73 Å². The molecule has 1 aromatic rings. The van der Waals surface area contributed by atoms with E-state index in [1.54, 1.807) is 24.3 Å². The topological polar surface area (TPSA) is 79.5 Å². The first-order valence-electron chi connectivity index (χ1n) is 7.62. The van der Waals surface area contributed by atoms with Crippen LogP contribution in [0.4, 0.5) is 0 Å². The van der Waals surface area contributed by atoms with Crippen molar-refractivity contribution in [2.24, 2.45) is 0 Å². The first-order valence-corrected chi connectivity index (χ1v) is 7.62. The van der Waals surface area contributed by atoms with Crippen LogP contribution in [0, 0.1) is 0 Å². The molecule has 6 nitrogen and oxygen atoms in total. The highest BCUT2D eigenvalue weighted by Crippen LogP contribution is 2.10. The van der Waals surface area contributed by atoms with Gasteiger partial charge in [-0.1, -0.05) is 18.2 Å². The SMILES string of the molecule is CC(C)(CC(=O)NNC(=O)c1ccccc1)NCOC(C)(C)C. The van der Waals surface area contributed by atoms with E-state index in [2.05, 4.69) is 16.2 Å². The number of hydrogen-bond donors (Lipinski definition) is 3. The lowest BCUT2D eigenvalue weighted by Crippen LogP contribution is -2.49. The lowest BCUT2D eigenvalue weighted by atomic mass is 10.0. The van der Waals surface area contributed by atoms with E-state index in [0.29, 0.717) is 12.3 Å². The van der Waals surface area contributed by atoms with Crippen LogP contribution in [-0.4, -0.2) is 29.7 Å². The molecule has 0 radical (unpaired) electrons. The Labute approximate surface area is 138 Å². The van der Waals surface area contributed by atoms with Crippen molar-refractivity contribution < 1.29 is 14.3 Å². The van der Waals surface area contributed by atoms with E-state index in [4.69, 9.17) is 4.74 Å². The van der Waals surface area contributed by atoms with Crippen LogP contribution in [-0.2, 0) is 9.53 Å². The zero-order valence-electron chi connectivity index (χ0n) is 14.5. The third-order valence-electron chi connectivity index (χ3n) is 3.01. The molecule has 0 unspecified atom stereocenters. The fraction of sp³-hybridized carbons (Fsp3) is 0.529. The molecule has 0 saturated carbocycles. The second kappa shape index (κ2) is 8.08. The Bertz CT molecular complexity index is 522. The van der Waals surface area contributed by atoms with Gasteiger partial charge in [0.1, 0.15) is 0 Å². The van der Waals surface area contributed by atoms with Crippen molar-refractivity contribution in [3.05, 3.63) is 35.9 Å². The number of rotatable bonds is 6. The fourth-order valence-electron chi connectivity index (χ4n) is 1.74. The average Bonchev–Trinajstić information content (AvgIpc) is 2.43. The quantitative estimate of drug-likeness (QED) is 0.553. The Morgan fingerprint density at radius 1 is 1.00 bits per heavy atom. The first kappa shape index (κ1) is 19.1. The molecule has 0 aliphatic heterocycles. The fourth-order valence-corrected chi connectivity index (χ4v) is 1.74. The third kappa shape index (κ3) is 8.32. The van der Waals surface area contributed by atoms with Crippen molar-refractivity contribution in [1.29, 1.82) is 0 Å². The summed E-state index contributed by atoms with van der Waals surface area (Å²) in [6.45, 7) is 10.0. The van der Waals surface area contributed by atoms with Crippen LogP contribution in [0.25, 0.3) is 0 Å². The van der Waals surface area contributed by atoms with E-state index >= 15 is 0 Å². The number of hydrazine groups is 1. The molecular formula is C17H27N3O3. The minimum atomic E-state index is -0.452.